The molecule has 3 nitrogen and oxygen atoms in total. The van der Waals surface area contributed by atoms with Crippen molar-refractivity contribution in [3.63, 3.8) is 0 Å². The SMILES string of the molecule is CCN1CCNCC1.CNC. The molecule has 0 aliphatic carbocycles. The van der Waals surface area contributed by atoms with Crippen LogP contribution in [0.2, 0.25) is 0 Å². The first-order valence-electron chi connectivity index (χ1n) is 4.36. The summed E-state index contributed by atoms with van der Waals surface area (Å²) in [5, 5.41) is 6.06. The number of nitrogens with one attached hydrogen (secondary N) is 2. The van der Waals surface area contributed by atoms with Crippen LogP contribution in [0.15, 0.2) is 0 Å². The maximum atomic E-state index is 3.31. The van der Waals surface area contributed by atoms with E-state index in [1.807, 2.05) is 14.1 Å². The molecule has 0 aromatic carbocycles. The Bertz CT molecular complexity index is 69.7. The molecule has 0 radical (unpaired) electrons. The van der Waals surface area contributed by atoms with Crippen LogP contribution in [-0.2, 0) is 0 Å². The molecule has 0 unspecified atom stereocenters. The van der Waals surface area contributed by atoms with Gasteiger partial charge in [-0.15, -0.1) is 0 Å². The molecule has 68 valence electrons. The molecule has 0 spiro atoms. The maximum absolute atomic E-state index is 3.31. The summed E-state index contributed by atoms with van der Waals surface area (Å²) in [5.41, 5.74) is 0. The molecule has 1 saturated heterocycles. The molecule has 3 heteroatoms. The van der Waals surface area contributed by atoms with E-state index in [2.05, 4.69) is 22.5 Å². The van der Waals surface area contributed by atoms with Crippen LogP contribution in [0.3, 0.4) is 0 Å². The van der Waals surface area contributed by atoms with Gasteiger partial charge < -0.3 is 15.5 Å². The maximum Gasteiger partial charge on any atom is 0.0107 e. The summed E-state index contributed by atoms with van der Waals surface area (Å²) >= 11 is 0. The predicted molar refractivity (Wildman–Crippen MR) is 50.0 cm³/mol. The second-order valence-electron chi connectivity index (χ2n) is 2.68. The van der Waals surface area contributed by atoms with Crippen molar-refractivity contribution in [3.05, 3.63) is 0 Å². The highest BCUT2D eigenvalue weighted by Crippen LogP contribution is 1.88. The van der Waals surface area contributed by atoms with Crippen molar-refractivity contribution in [2.24, 2.45) is 0 Å². The number of likely N-dealkylation sites (N-methyl/N-ethyl adjacent to an activating group) is 1. The molecule has 0 amide bonds. The molecule has 1 fully saturated rings. The largest absolute Gasteiger partial charge is 0.323 e. The van der Waals surface area contributed by atoms with E-state index in [4.69, 9.17) is 0 Å². The third-order valence-electron chi connectivity index (χ3n) is 1.66. The molecule has 0 aromatic heterocycles. The van der Waals surface area contributed by atoms with E-state index < -0.39 is 0 Å². The Kier molecular flexibility index (Phi) is 7.89. The predicted octanol–water partition coefficient (Wildman–Crippen LogP) is -0.253. The average Bonchev–Trinajstić information content (AvgIpc) is 2.08. The van der Waals surface area contributed by atoms with Gasteiger partial charge in [-0.25, -0.2) is 0 Å². The Morgan fingerprint density at radius 1 is 1.27 bits per heavy atom. The normalized spacial score (nSPS) is 18.8. The van der Waals surface area contributed by atoms with Crippen LogP contribution >= 0.6 is 0 Å². The van der Waals surface area contributed by atoms with Gasteiger partial charge in [-0.1, -0.05) is 6.92 Å². The number of rotatable bonds is 1. The summed E-state index contributed by atoms with van der Waals surface area (Å²) in [6.45, 7) is 8.24. The minimum absolute atomic E-state index is 1.17. The zero-order valence-electron chi connectivity index (χ0n) is 7.98. The summed E-state index contributed by atoms with van der Waals surface area (Å²) < 4.78 is 0. The van der Waals surface area contributed by atoms with Crippen molar-refractivity contribution in [1.29, 1.82) is 0 Å². The fraction of sp³-hybridized carbons (Fsp3) is 1.00. The van der Waals surface area contributed by atoms with E-state index in [0.29, 0.717) is 0 Å². The highest BCUT2D eigenvalue weighted by atomic mass is 15.2. The molecule has 0 aromatic rings. The molecule has 1 aliphatic heterocycles. The topological polar surface area (TPSA) is 27.3 Å². The van der Waals surface area contributed by atoms with Crippen LogP contribution in [0.25, 0.3) is 0 Å². The van der Waals surface area contributed by atoms with Gasteiger partial charge in [0.25, 0.3) is 0 Å². The third-order valence-corrected chi connectivity index (χ3v) is 1.66. The summed E-state index contributed by atoms with van der Waals surface area (Å²) in [7, 11) is 3.75. The van der Waals surface area contributed by atoms with Gasteiger partial charge in [0, 0.05) is 26.2 Å². The number of hydrogen-bond donors (Lipinski definition) is 2. The summed E-state index contributed by atoms with van der Waals surface area (Å²) in [6, 6.07) is 0. The van der Waals surface area contributed by atoms with Crippen molar-refractivity contribution >= 4 is 0 Å². The average molecular weight is 159 g/mol. The van der Waals surface area contributed by atoms with E-state index in [1.54, 1.807) is 0 Å². The van der Waals surface area contributed by atoms with Gasteiger partial charge in [0.1, 0.15) is 0 Å². The molecule has 2 N–H and O–H groups in total. The van der Waals surface area contributed by atoms with Crippen molar-refractivity contribution in [2.75, 3.05) is 46.8 Å². The van der Waals surface area contributed by atoms with Gasteiger partial charge in [0.05, 0.1) is 0 Å². The zero-order chi connectivity index (χ0) is 8.53. The number of hydrogen-bond acceptors (Lipinski definition) is 3. The lowest BCUT2D eigenvalue weighted by Crippen LogP contribution is -2.43. The Labute approximate surface area is 70.2 Å². The van der Waals surface area contributed by atoms with Gasteiger partial charge >= 0.3 is 0 Å². The summed E-state index contributed by atoms with van der Waals surface area (Å²) in [5.74, 6) is 0. The van der Waals surface area contributed by atoms with E-state index in [-0.39, 0.29) is 0 Å². The Morgan fingerprint density at radius 3 is 2.00 bits per heavy atom. The standard InChI is InChI=1S/C6H14N2.C2H7N/c1-2-8-5-3-7-4-6-8;1-3-2/h7H,2-6H2,1H3;3H,1-2H3. The van der Waals surface area contributed by atoms with Gasteiger partial charge in [0.15, 0.2) is 0 Å². The molecule has 0 bridgehead atoms. The van der Waals surface area contributed by atoms with E-state index >= 15 is 0 Å². The van der Waals surface area contributed by atoms with Crippen molar-refractivity contribution in [1.82, 2.24) is 15.5 Å². The number of piperazine rings is 1. The smallest absolute Gasteiger partial charge is 0.0107 e. The van der Waals surface area contributed by atoms with Crippen LogP contribution < -0.4 is 10.6 Å². The van der Waals surface area contributed by atoms with Crippen molar-refractivity contribution < 1.29 is 0 Å². The minimum atomic E-state index is 1.17. The van der Waals surface area contributed by atoms with Gasteiger partial charge in [-0.2, -0.15) is 0 Å². The van der Waals surface area contributed by atoms with Crippen LogP contribution in [0.1, 0.15) is 6.92 Å². The van der Waals surface area contributed by atoms with Gasteiger partial charge in [-0.05, 0) is 20.6 Å². The first kappa shape index (κ1) is 10.9. The van der Waals surface area contributed by atoms with Gasteiger partial charge in [-0.3, -0.25) is 0 Å². The van der Waals surface area contributed by atoms with Crippen LogP contribution in [0, 0.1) is 0 Å². The van der Waals surface area contributed by atoms with Crippen LogP contribution in [-0.4, -0.2) is 51.7 Å². The summed E-state index contributed by atoms with van der Waals surface area (Å²) in [6.07, 6.45) is 0. The zero-order valence-corrected chi connectivity index (χ0v) is 7.98. The fourth-order valence-corrected chi connectivity index (χ4v) is 1.03. The van der Waals surface area contributed by atoms with Crippen molar-refractivity contribution in [2.45, 2.75) is 6.92 Å². The minimum Gasteiger partial charge on any atom is -0.323 e. The summed E-state index contributed by atoms with van der Waals surface area (Å²) in [4.78, 5) is 2.45. The van der Waals surface area contributed by atoms with Crippen LogP contribution in [0.4, 0.5) is 0 Å². The second kappa shape index (κ2) is 7.98. The molecular weight excluding hydrogens is 138 g/mol. The van der Waals surface area contributed by atoms with E-state index in [1.165, 1.54) is 32.7 Å². The molecule has 1 aliphatic rings. The molecule has 0 saturated carbocycles. The van der Waals surface area contributed by atoms with E-state index in [0.717, 1.165) is 0 Å². The van der Waals surface area contributed by atoms with Gasteiger partial charge in [0.2, 0.25) is 0 Å². The Hall–Kier alpha value is -0.120. The molecule has 1 rings (SSSR count). The third kappa shape index (κ3) is 6.28. The second-order valence-corrected chi connectivity index (χ2v) is 2.68. The lowest BCUT2D eigenvalue weighted by Gasteiger charge is -2.25. The van der Waals surface area contributed by atoms with Crippen molar-refractivity contribution in [3.8, 4) is 0 Å². The van der Waals surface area contributed by atoms with Crippen LogP contribution in [0.5, 0.6) is 0 Å². The highest BCUT2D eigenvalue weighted by Gasteiger charge is 2.04. The number of nitrogens with zero attached hydrogens (tertiary/aromatic N) is 1. The fourth-order valence-electron chi connectivity index (χ4n) is 1.03. The quantitative estimate of drug-likeness (QED) is 0.552. The lowest BCUT2D eigenvalue weighted by atomic mass is 10.4. The molecular formula is C8H21N3. The molecule has 1 heterocycles. The highest BCUT2D eigenvalue weighted by molar-refractivity contribution is 4.64. The monoisotopic (exact) mass is 159 g/mol. The Morgan fingerprint density at radius 2 is 1.73 bits per heavy atom. The first-order chi connectivity index (χ1) is 5.35. The lowest BCUT2D eigenvalue weighted by molar-refractivity contribution is 0.253. The Balaban J connectivity index is 0.000000292. The molecule has 11 heavy (non-hydrogen) atoms. The molecule has 0 atom stereocenters. The first-order valence-corrected chi connectivity index (χ1v) is 4.36. The van der Waals surface area contributed by atoms with E-state index in [9.17, 15) is 0 Å².